The molecule has 1 atom stereocenters. The fourth-order valence-corrected chi connectivity index (χ4v) is 1.73. The van der Waals surface area contributed by atoms with E-state index in [4.69, 9.17) is 0 Å². The summed E-state index contributed by atoms with van der Waals surface area (Å²) in [4.78, 5) is 21.1. The van der Waals surface area contributed by atoms with Crippen molar-refractivity contribution in [3.8, 4) is 0 Å². The minimum Gasteiger partial charge on any atom is -0.449 e. The first kappa shape index (κ1) is 11.3. The molecule has 1 amide bonds. The Balaban J connectivity index is 2.37. The molecule has 17 heavy (non-hydrogen) atoms. The van der Waals surface area contributed by atoms with Gasteiger partial charge in [-0.3, -0.25) is 10.1 Å². The molecule has 0 radical (unpaired) electrons. The van der Waals surface area contributed by atoms with Gasteiger partial charge in [-0.2, -0.15) is 0 Å². The van der Waals surface area contributed by atoms with Crippen LogP contribution in [0, 0.1) is 15.9 Å². The molecule has 0 aliphatic carbocycles. The van der Waals surface area contributed by atoms with Gasteiger partial charge in [-0.25, -0.2) is 9.18 Å². The predicted octanol–water partition coefficient (Wildman–Crippen LogP) is 1.90. The second-order valence-electron chi connectivity index (χ2n) is 3.58. The molecule has 1 saturated heterocycles. The van der Waals surface area contributed by atoms with Crippen LogP contribution in [0.3, 0.4) is 0 Å². The highest BCUT2D eigenvalue weighted by molar-refractivity contribution is 5.69. The number of nitrogens with zero attached hydrogens (tertiary/aromatic N) is 1. The first-order chi connectivity index (χ1) is 8.08. The summed E-state index contributed by atoms with van der Waals surface area (Å²) >= 11 is 0. The van der Waals surface area contributed by atoms with Gasteiger partial charge in [0.1, 0.15) is 5.82 Å². The largest absolute Gasteiger partial charge is 0.449 e. The van der Waals surface area contributed by atoms with Crippen molar-refractivity contribution in [2.24, 2.45) is 0 Å². The molecule has 7 heteroatoms. The molecule has 6 nitrogen and oxygen atoms in total. The summed E-state index contributed by atoms with van der Waals surface area (Å²) in [6.45, 7) is 0.186. The Morgan fingerprint density at radius 3 is 2.94 bits per heavy atom. The normalized spacial score (nSPS) is 19.4. The molecular weight excluding hydrogens is 231 g/mol. The number of nitrogens with one attached hydrogen (secondary N) is 1. The number of benzene rings is 1. The molecule has 1 heterocycles. The average molecular weight is 240 g/mol. The van der Waals surface area contributed by atoms with E-state index in [2.05, 4.69) is 10.1 Å². The molecule has 0 unspecified atom stereocenters. The Labute approximate surface area is 95.5 Å². The predicted molar refractivity (Wildman–Crippen MR) is 54.9 cm³/mol. The number of alkyl carbamates (subject to hydrolysis) is 1. The number of ether oxygens (including phenoxy) is 1. The third-order valence-corrected chi connectivity index (χ3v) is 2.50. The van der Waals surface area contributed by atoms with E-state index < -0.39 is 22.9 Å². The summed E-state index contributed by atoms with van der Waals surface area (Å²) < 4.78 is 17.6. The lowest BCUT2D eigenvalue weighted by molar-refractivity contribution is -0.386. The zero-order chi connectivity index (χ0) is 12.4. The van der Waals surface area contributed by atoms with Crippen LogP contribution in [0.2, 0.25) is 0 Å². The van der Waals surface area contributed by atoms with Gasteiger partial charge in [0.05, 0.1) is 29.2 Å². The van der Waals surface area contributed by atoms with E-state index in [1.807, 2.05) is 0 Å². The Hall–Kier alpha value is -2.18. The van der Waals surface area contributed by atoms with Crippen LogP contribution < -0.4 is 5.32 Å². The van der Waals surface area contributed by atoms with E-state index >= 15 is 0 Å². The number of halogens is 1. The van der Waals surface area contributed by atoms with Crippen LogP contribution in [0.4, 0.5) is 14.9 Å². The minimum atomic E-state index is -0.682. The van der Waals surface area contributed by atoms with Crippen LogP contribution in [-0.4, -0.2) is 17.6 Å². The lowest BCUT2D eigenvalue weighted by Gasteiger charge is -2.23. The topological polar surface area (TPSA) is 81.5 Å². The number of carbonyl (C=O) groups excluding carboxylic acids is 1. The standard InChI is InChI=1S/C10H9FN2O4/c11-6-1-2-7(9(5-6)13(15)16)8-3-4-17-10(14)12-8/h1-2,5,8H,3-4H2,(H,12,14)/t8-/m1/s1. The van der Waals surface area contributed by atoms with Crippen LogP contribution in [0.15, 0.2) is 18.2 Å². The van der Waals surface area contributed by atoms with Gasteiger partial charge < -0.3 is 10.1 Å². The number of hydrogen-bond acceptors (Lipinski definition) is 4. The van der Waals surface area contributed by atoms with E-state index in [1.54, 1.807) is 0 Å². The van der Waals surface area contributed by atoms with Crippen LogP contribution in [0.25, 0.3) is 0 Å². The summed E-state index contributed by atoms with van der Waals surface area (Å²) in [5, 5.41) is 13.3. The maximum absolute atomic E-state index is 12.9. The summed E-state index contributed by atoms with van der Waals surface area (Å²) in [5.41, 5.74) is -0.0507. The van der Waals surface area contributed by atoms with Gasteiger partial charge in [0.2, 0.25) is 0 Å². The highest BCUT2D eigenvalue weighted by Crippen LogP contribution is 2.29. The fraction of sp³-hybridized carbons (Fsp3) is 0.300. The molecule has 1 fully saturated rings. The zero-order valence-corrected chi connectivity index (χ0v) is 8.68. The number of rotatable bonds is 2. The Morgan fingerprint density at radius 2 is 2.29 bits per heavy atom. The molecular formula is C10H9FN2O4. The van der Waals surface area contributed by atoms with E-state index in [9.17, 15) is 19.3 Å². The number of carbonyl (C=O) groups is 1. The van der Waals surface area contributed by atoms with Crippen LogP contribution in [0.1, 0.15) is 18.0 Å². The smallest absolute Gasteiger partial charge is 0.407 e. The van der Waals surface area contributed by atoms with Crippen molar-refractivity contribution in [2.75, 3.05) is 6.61 Å². The lowest BCUT2D eigenvalue weighted by Crippen LogP contribution is -2.35. The van der Waals surface area contributed by atoms with Crippen molar-refractivity contribution in [3.63, 3.8) is 0 Å². The molecule has 1 aliphatic heterocycles. The van der Waals surface area contributed by atoms with Crippen molar-refractivity contribution in [1.29, 1.82) is 0 Å². The second-order valence-corrected chi connectivity index (χ2v) is 3.58. The second kappa shape index (κ2) is 4.36. The van der Waals surface area contributed by atoms with Crippen molar-refractivity contribution in [2.45, 2.75) is 12.5 Å². The van der Waals surface area contributed by atoms with E-state index in [-0.39, 0.29) is 17.9 Å². The summed E-state index contributed by atoms with van der Waals surface area (Å²) in [6, 6.07) is 2.77. The lowest BCUT2D eigenvalue weighted by atomic mass is 10.0. The molecule has 0 aromatic heterocycles. The third-order valence-electron chi connectivity index (χ3n) is 2.50. The van der Waals surface area contributed by atoms with Crippen molar-refractivity contribution >= 4 is 11.8 Å². The van der Waals surface area contributed by atoms with Gasteiger partial charge in [-0.1, -0.05) is 0 Å². The minimum absolute atomic E-state index is 0.186. The van der Waals surface area contributed by atoms with E-state index in [0.717, 1.165) is 12.1 Å². The van der Waals surface area contributed by atoms with Crippen molar-refractivity contribution in [3.05, 3.63) is 39.7 Å². The molecule has 1 aromatic rings. The van der Waals surface area contributed by atoms with E-state index in [0.29, 0.717) is 6.42 Å². The molecule has 2 rings (SSSR count). The summed E-state index contributed by atoms with van der Waals surface area (Å²) in [6.07, 6.45) is -0.210. The molecule has 1 aliphatic rings. The van der Waals surface area contributed by atoms with Gasteiger partial charge in [0, 0.05) is 6.42 Å². The molecule has 1 aromatic carbocycles. The van der Waals surface area contributed by atoms with Crippen LogP contribution in [-0.2, 0) is 4.74 Å². The number of amides is 1. The van der Waals surface area contributed by atoms with Crippen molar-refractivity contribution < 1.29 is 18.8 Å². The maximum atomic E-state index is 12.9. The quantitative estimate of drug-likeness (QED) is 0.632. The molecule has 0 bridgehead atoms. The third kappa shape index (κ3) is 2.32. The monoisotopic (exact) mass is 240 g/mol. The zero-order valence-electron chi connectivity index (χ0n) is 8.68. The first-order valence-electron chi connectivity index (χ1n) is 4.95. The first-order valence-corrected chi connectivity index (χ1v) is 4.95. The highest BCUT2D eigenvalue weighted by atomic mass is 19.1. The maximum Gasteiger partial charge on any atom is 0.407 e. The number of hydrogen-bond donors (Lipinski definition) is 1. The number of nitro groups is 1. The van der Waals surface area contributed by atoms with E-state index in [1.165, 1.54) is 6.07 Å². The van der Waals surface area contributed by atoms with Gasteiger partial charge in [0.15, 0.2) is 0 Å². The fourth-order valence-electron chi connectivity index (χ4n) is 1.73. The van der Waals surface area contributed by atoms with Gasteiger partial charge in [-0.15, -0.1) is 0 Å². The van der Waals surface area contributed by atoms with Gasteiger partial charge in [0.25, 0.3) is 5.69 Å². The summed E-state index contributed by atoms with van der Waals surface area (Å²) in [5.74, 6) is -0.682. The summed E-state index contributed by atoms with van der Waals surface area (Å²) in [7, 11) is 0. The number of nitro benzene ring substituents is 1. The Kier molecular flexibility index (Phi) is 2.90. The highest BCUT2D eigenvalue weighted by Gasteiger charge is 2.27. The molecule has 90 valence electrons. The molecule has 1 N–H and O–H groups in total. The Morgan fingerprint density at radius 1 is 1.53 bits per heavy atom. The average Bonchev–Trinajstić information content (AvgIpc) is 2.28. The van der Waals surface area contributed by atoms with Gasteiger partial charge in [-0.05, 0) is 12.1 Å². The molecule has 0 spiro atoms. The SMILES string of the molecule is O=C1N[C@@H](c2ccc(F)cc2[N+](=O)[O-])CCO1. The molecule has 0 saturated carbocycles. The van der Waals surface area contributed by atoms with Crippen LogP contribution >= 0.6 is 0 Å². The van der Waals surface area contributed by atoms with Crippen LogP contribution in [0.5, 0.6) is 0 Å². The van der Waals surface area contributed by atoms with Crippen molar-refractivity contribution in [1.82, 2.24) is 5.32 Å². The van der Waals surface area contributed by atoms with Gasteiger partial charge >= 0.3 is 6.09 Å². The number of cyclic esters (lactones) is 1. The Bertz CT molecular complexity index is 477.